The van der Waals surface area contributed by atoms with Gasteiger partial charge in [0.05, 0.1) is 10.7 Å². The summed E-state index contributed by atoms with van der Waals surface area (Å²) in [6, 6.07) is 7.24. The normalized spacial score (nSPS) is 12.4. The van der Waals surface area contributed by atoms with Crippen LogP contribution in [0, 0.1) is 13.8 Å². The highest BCUT2D eigenvalue weighted by Crippen LogP contribution is 2.26. The van der Waals surface area contributed by atoms with Gasteiger partial charge in [-0.05, 0) is 31.5 Å². The lowest BCUT2D eigenvalue weighted by Crippen LogP contribution is -2.10. The average Bonchev–Trinajstić information content (AvgIpc) is 2.33. The Hall–Kier alpha value is -1.65. The molecule has 1 atom stereocenters. The first-order valence-electron chi connectivity index (χ1n) is 6.00. The molecule has 1 aromatic carbocycles. The van der Waals surface area contributed by atoms with Crippen molar-refractivity contribution in [1.29, 1.82) is 0 Å². The first-order valence-corrected chi connectivity index (χ1v) is 6.38. The standard InChI is InChI=1S/C14H16ClN3O/c1-8-6-9(2)18-14(17-8)12(19)7-10-4-3-5-11(15)13(10)16/h3-6,12,19H,7,16H2,1-2H3. The zero-order chi connectivity index (χ0) is 14.0. The summed E-state index contributed by atoms with van der Waals surface area (Å²) in [7, 11) is 0. The number of aryl methyl sites for hydroxylation is 2. The van der Waals surface area contributed by atoms with Gasteiger partial charge in [-0.25, -0.2) is 9.97 Å². The third kappa shape index (κ3) is 3.22. The summed E-state index contributed by atoms with van der Waals surface area (Å²) < 4.78 is 0. The molecule has 2 aromatic rings. The molecule has 2 rings (SSSR count). The van der Waals surface area contributed by atoms with Crippen LogP contribution >= 0.6 is 11.6 Å². The van der Waals surface area contributed by atoms with Crippen LogP contribution in [0.3, 0.4) is 0 Å². The highest BCUT2D eigenvalue weighted by atomic mass is 35.5. The molecule has 0 saturated carbocycles. The molecular weight excluding hydrogens is 262 g/mol. The second-order valence-corrected chi connectivity index (χ2v) is 4.95. The molecule has 1 aromatic heterocycles. The molecule has 0 radical (unpaired) electrons. The highest BCUT2D eigenvalue weighted by molar-refractivity contribution is 6.33. The van der Waals surface area contributed by atoms with Gasteiger partial charge in [-0.1, -0.05) is 23.7 Å². The van der Waals surface area contributed by atoms with E-state index >= 15 is 0 Å². The summed E-state index contributed by atoms with van der Waals surface area (Å²) in [6.07, 6.45) is -0.450. The number of nitrogen functional groups attached to an aromatic ring is 1. The second-order valence-electron chi connectivity index (χ2n) is 4.54. The van der Waals surface area contributed by atoms with Crippen LogP contribution in [0.1, 0.15) is 28.9 Å². The van der Waals surface area contributed by atoms with E-state index in [1.807, 2.05) is 32.0 Å². The molecule has 19 heavy (non-hydrogen) atoms. The topological polar surface area (TPSA) is 72.0 Å². The molecule has 4 nitrogen and oxygen atoms in total. The molecule has 0 aliphatic rings. The van der Waals surface area contributed by atoms with Gasteiger partial charge >= 0.3 is 0 Å². The summed E-state index contributed by atoms with van der Waals surface area (Å²) in [5, 5.41) is 10.7. The van der Waals surface area contributed by atoms with Crippen molar-refractivity contribution < 1.29 is 5.11 Å². The number of halogens is 1. The van der Waals surface area contributed by atoms with Crippen molar-refractivity contribution in [3.63, 3.8) is 0 Å². The summed E-state index contributed by atoms with van der Waals surface area (Å²) in [6.45, 7) is 3.75. The van der Waals surface area contributed by atoms with Crippen molar-refractivity contribution in [2.75, 3.05) is 5.73 Å². The molecule has 5 heteroatoms. The van der Waals surface area contributed by atoms with Gasteiger partial charge < -0.3 is 10.8 Å². The van der Waals surface area contributed by atoms with Crippen molar-refractivity contribution in [3.05, 3.63) is 52.1 Å². The number of hydrogen-bond donors (Lipinski definition) is 2. The first-order chi connectivity index (χ1) is 8.97. The smallest absolute Gasteiger partial charge is 0.157 e. The predicted octanol–water partition coefficient (Wildman–Crippen LogP) is 2.61. The number of rotatable bonds is 3. The molecule has 3 N–H and O–H groups in total. The molecule has 1 heterocycles. The largest absolute Gasteiger partial charge is 0.397 e. The maximum atomic E-state index is 10.2. The molecule has 0 spiro atoms. The van der Waals surface area contributed by atoms with E-state index in [-0.39, 0.29) is 0 Å². The summed E-state index contributed by atoms with van der Waals surface area (Å²) in [4.78, 5) is 8.49. The Balaban J connectivity index is 2.25. The van der Waals surface area contributed by atoms with Crippen LogP contribution < -0.4 is 5.73 Å². The Labute approximate surface area is 117 Å². The predicted molar refractivity (Wildman–Crippen MR) is 76.0 cm³/mol. The lowest BCUT2D eigenvalue weighted by Gasteiger charge is -2.13. The molecule has 0 fully saturated rings. The monoisotopic (exact) mass is 277 g/mol. The molecule has 0 saturated heterocycles. The quantitative estimate of drug-likeness (QED) is 0.846. The van der Waals surface area contributed by atoms with Gasteiger partial charge in [0, 0.05) is 17.8 Å². The first kappa shape index (κ1) is 13.8. The number of aromatic nitrogens is 2. The van der Waals surface area contributed by atoms with Crippen LogP contribution in [-0.4, -0.2) is 15.1 Å². The maximum Gasteiger partial charge on any atom is 0.157 e. The lowest BCUT2D eigenvalue weighted by molar-refractivity contribution is 0.168. The van der Waals surface area contributed by atoms with Crippen LogP contribution in [-0.2, 0) is 6.42 Å². The number of para-hydroxylation sites is 1. The van der Waals surface area contributed by atoms with Crippen LogP contribution in [0.2, 0.25) is 5.02 Å². The Morgan fingerprint density at radius 3 is 2.53 bits per heavy atom. The average molecular weight is 278 g/mol. The number of nitrogens with zero attached hydrogens (tertiary/aromatic N) is 2. The molecule has 100 valence electrons. The fourth-order valence-electron chi connectivity index (χ4n) is 1.96. The number of anilines is 1. The summed E-state index contributed by atoms with van der Waals surface area (Å²) in [5.74, 6) is 0.414. The van der Waals surface area contributed by atoms with Crippen molar-refractivity contribution in [3.8, 4) is 0 Å². The lowest BCUT2D eigenvalue weighted by atomic mass is 10.1. The molecule has 1 unspecified atom stereocenters. The van der Waals surface area contributed by atoms with Gasteiger partial charge in [-0.3, -0.25) is 0 Å². The van der Waals surface area contributed by atoms with E-state index in [0.29, 0.717) is 23.0 Å². The molecular formula is C14H16ClN3O. The van der Waals surface area contributed by atoms with E-state index in [4.69, 9.17) is 17.3 Å². The Kier molecular flexibility index (Phi) is 4.02. The SMILES string of the molecule is Cc1cc(C)nc(C(O)Cc2cccc(Cl)c2N)n1. The molecule has 0 aliphatic carbocycles. The van der Waals surface area contributed by atoms with Crippen molar-refractivity contribution in [2.24, 2.45) is 0 Å². The van der Waals surface area contributed by atoms with Crippen molar-refractivity contribution >= 4 is 17.3 Å². The zero-order valence-electron chi connectivity index (χ0n) is 10.9. The number of hydrogen-bond acceptors (Lipinski definition) is 4. The van der Waals surface area contributed by atoms with Crippen molar-refractivity contribution in [1.82, 2.24) is 9.97 Å². The van der Waals surface area contributed by atoms with E-state index in [1.54, 1.807) is 6.07 Å². The number of nitrogens with two attached hydrogens (primary N) is 1. The van der Waals surface area contributed by atoms with Crippen LogP contribution in [0.4, 0.5) is 5.69 Å². The maximum absolute atomic E-state index is 10.2. The Bertz CT molecular complexity index is 581. The van der Waals surface area contributed by atoms with Gasteiger partial charge in [0.25, 0.3) is 0 Å². The van der Waals surface area contributed by atoms with Gasteiger partial charge in [-0.2, -0.15) is 0 Å². The van der Waals surface area contributed by atoms with E-state index in [1.165, 1.54) is 0 Å². The fraction of sp³-hybridized carbons (Fsp3) is 0.286. The highest BCUT2D eigenvalue weighted by Gasteiger charge is 2.15. The second kappa shape index (κ2) is 5.55. The minimum absolute atomic E-state index is 0.343. The van der Waals surface area contributed by atoms with Crippen LogP contribution in [0.25, 0.3) is 0 Å². The Morgan fingerprint density at radius 2 is 1.89 bits per heavy atom. The molecule has 0 aliphatic heterocycles. The van der Waals surface area contributed by atoms with Crippen molar-refractivity contribution in [2.45, 2.75) is 26.4 Å². The van der Waals surface area contributed by atoms with Crippen LogP contribution in [0.5, 0.6) is 0 Å². The Morgan fingerprint density at radius 1 is 1.26 bits per heavy atom. The zero-order valence-corrected chi connectivity index (χ0v) is 11.6. The summed E-state index contributed by atoms with van der Waals surface area (Å²) >= 11 is 5.96. The summed E-state index contributed by atoms with van der Waals surface area (Å²) in [5.41, 5.74) is 8.84. The third-order valence-corrected chi connectivity index (χ3v) is 3.18. The van der Waals surface area contributed by atoms with E-state index < -0.39 is 6.10 Å². The molecule has 0 bridgehead atoms. The van der Waals surface area contributed by atoms with Gasteiger partial charge in [-0.15, -0.1) is 0 Å². The number of benzene rings is 1. The van der Waals surface area contributed by atoms with E-state index in [9.17, 15) is 5.11 Å². The van der Waals surface area contributed by atoms with Gasteiger partial charge in [0.1, 0.15) is 6.10 Å². The molecule has 0 amide bonds. The third-order valence-electron chi connectivity index (χ3n) is 2.85. The van der Waals surface area contributed by atoms with E-state index in [2.05, 4.69) is 9.97 Å². The van der Waals surface area contributed by atoms with Gasteiger partial charge in [0.15, 0.2) is 5.82 Å². The number of aliphatic hydroxyl groups excluding tert-OH is 1. The van der Waals surface area contributed by atoms with Crippen LogP contribution in [0.15, 0.2) is 24.3 Å². The number of aliphatic hydroxyl groups is 1. The minimum Gasteiger partial charge on any atom is -0.397 e. The van der Waals surface area contributed by atoms with E-state index in [0.717, 1.165) is 17.0 Å². The fourth-order valence-corrected chi connectivity index (χ4v) is 2.16. The minimum atomic E-state index is -0.792. The van der Waals surface area contributed by atoms with Gasteiger partial charge in [0.2, 0.25) is 0 Å².